The molecule has 0 aromatic carbocycles. The molecule has 0 saturated heterocycles. The maximum absolute atomic E-state index is 8.67. The van der Waals surface area contributed by atoms with Crippen molar-refractivity contribution in [2.75, 3.05) is 0 Å². The molecule has 0 aliphatic carbocycles. The molecule has 0 unspecified atom stereocenters. The van der Waals surface area contributed by atoms with Crippen molar-refractivity contribution in [3.05, 3.63) is 0 Å². The summed E-state index contributed by atoms with van der Waals surface area (Å²) in [5.74, 6) is 0. The van der Waals surface area contributed by atoms with Crippen LogP contribution in [0.3, 0.4) is 0 Å². The monoisotopic (exact) mass is 406 g/mol. The molecule has 0 fully saturated rings. The molecule has 0 aromatic rings. The minimum absolute atomic E-state index is 0. The fourth-order valence-corrected chi connectivity index (χ4v) is 0. The molecule has 0 amide bonds. The summed E-state index contributed by atoms with van der Waals surface area (Å²) in [6, 6.07) is 0. The summed E-state index contributed by atoms with van der Waals surface area (Å²) >= 11 is -7.83. The van der Waals surface area contributed by atoms with Gasteiger partial charge in [0.15, 0.2) is 0 Å². The molecule has 0 heterocycles. The topological polar surface area (TPSA) is 173 Å². The van der Waals surface area contributed by atoms with Gasteiger partial charge in [-0.05, 0) is 0 Å². The first-order chi connectivity index (χ1) is 5.20. The summed E-state index contributed by atoms with van der Waals surface area (Å²) in [5, 5.41) is 0. The molecule has 0 rings (SSSR count). The van der Waals surface area contributed by atoms with E-state index in [-0.39, 0.29) is 206 Å². The average Bonchev–Trinajstić information content (AvgIpc) is 1.54. The van der Waals surface area contributed by atoms with Crippen LogP contribution >= 0.6 is 0 Å². The molecule has 0 spiro atoms. The predicted molar refractivity (Wildman–Crippen MR) is 68.8 cm³/mol. The van der Waals surface area contributed by atoms with E-state index in [1.807, 2.05) is 0 Å². The maximum atomic E-state index is 8.67. The first kappa shape index (κ1) is 43.4. The van der Waals surface area contributed by atoms with Gasteiger partial charge < -0.3 is 0 Å². The van der Waals surface area contributed by atoms with Gasteiger partial charge in [-0.1, -0.05) is 0 Å². The van der Waals surface area contributed by atoms with Crippen molar-refractivity contribution in [2.24, 2.45) is 0 Å². The van der Waals surface area contributed by atoms with Crippen molar-refractivity contribution in [1.82, 2.24) is 0 Å². The van der Waals surface area contributed by atoms with E-state index in [1.165, 1.54) is 0 Å². The van der Waals surface area contributed by atoms with E-state index in [4.69, 9.17) is 39.9 Å². The molecule has 0 bridgehead atoms. The Hall–Kier alpha value is 6.76. The van der Waals surface area contributed by atoms with Crippen LogP contribution < -0.4 is 0 Å². The third-order valence-corrected chi connectivity index (χ3v) is 0. The van der Waals surface area contributed by atoms with Crippen molar-refractivity contribution >= 4 is 240 Å². The Balaban J connectivity index is -0.0000000135. The minimum atomic E-state index is -2.61. The van der Waals surface area contributed by atoms with Crippen LogP contribution in [-0.4, -0.2) is 245 Å². The van der Waals surface area contributed by atoms with E-state index in [9.17, 15) is 0 Å². The van der Waals surface area contributed by atoms with Gasteiger partial charge in [0.25, 0.3) is 34.1 Å². The third-order valence-electron chi connectivity index (χ3n) is 0. The van der Waals surface area contributed by atoms with Gasteiger partial charge >= 0.3 is 206 Å². The summed E-state index contributed by atoms with van der Waals surface area (Å²) in [6.07, 6.45) is 0. The van der Waals surface area contributed by atoms with Gasteiger partial charge in [0.1, 0.15) is 0 Å². The Labute approximate surface area is 270 Å². The van der Waals surface area contributed by atoms with Crippen LogP contribution in [0, 0.1) is 0 Å². The Kier molecular flexibility index (Phi) is 102. The van der Waals surface area contributed by atoms with E-state index in [0.29, 0.717) is 0 Å². The standard InChI is InChI=1S/4K.3H2O3S.4H/c;;;;3*1-4(2)3;;;;/h;;;;3*(H2,1,2,3);;;;. The van der Waals surface area contributed by atoms with Crippen LogP contribution in [0.25, 0.3) is 0 Å². The van der Waals surface area contributed by atoms with E-state index >= 15 is 0 Å². The second-order valence-corrected chi connectivity index (χ2v) is 2.08. The van der Waals surface area contributed by atoms with Gasteiger partial charge in [0, 0.05) is 0 Å². The fourth-order valence-electron chi connectivity index (χ4n) is 0. The van der Waals surface area contributed by atoms with Gasteiger partial charge in [0.05, 0.1) is 0 Å². The van der Waals surface area contributed by atoms with Crippen LogP contribution in [0.5, 0.6) is 0 Å². The van der Waals surface area contributed by atoms with Crippen molar-refractivity contribution in [3.8, 4) is 0 Å². The number of hydrogen-bond donors (Lipinski definition) is 6. The summed E-state index contributed by atoms with van der Waals surface area (Å²) in [5.41, 5.74) is 0. The van der Waals surface area contributed by atoms with E-state index in [2.05, 4.69) is 0 Å². The number of hydrogen-bond acceptors (Lipinski definition) is 3. The molecule has 0 aliphatic heterocycles. The molecule has 6 N–H and O–H groups in total. The second-order valence-electron chi connectivity index (χ2n) is 0.692. The van der Waals surface area contributed by atoms with Crippen LogP contribution in [-0.2, 0) is 34.1 Å². The zero-order valence-corrected chi connectivity index (χ0v) is 7.58. The Morgan fingerprint density at radius 3 is 0.438 bits per heavy atom. The molecule has 16 heteroatoms. The molecule has 0 aromatic heterocycles. The quantitative estimate of drug-likeness (QED) is 0.176. The molecule has 86 valence electrons. The molecule has 9 nitrogen and oxygen atoms in total. The zero-order chi connectivity index (χ0) is 10.7. The van der Waals surface area contributed by atoms with Crippen LogP contribution in [0.15, 0.2) is 0 Å². The molecule has 16 heavy (non-hydrogen) atoms. The summed E-state index contributed by atoms with van der Waals surface area (Å²) in [7, 11) is 0. The molecule has 0 saturated carbocycles. The SMILES string of the molecule is O=S(O)O.O=S(O)O.O=S(O)O.[KH].[KH].[KH].[KH]. The van der Waals surface area contributed by atoms with Gasteiger partial charge in [-0.15, -0.1) is 0 Å². The second kappa shape index (κ2) is 37.8. The summed E-state index contributed by atoms with van der Waals surface area (Å²) in [6.45, 7) is 0. The molecule has 0 radical (unpaired) electrons. The predicted octanol–water partition coefficient (Wildman–Crippen LogP) is -3.55. The summed E-state index contributed by atoms with van der Waals surface area (Å²) in [4.78, 5) is 0. The van der Waals surface area contributed by atoms with Gasteiger partial charge in [-0.25, -0.2) is 0 Å². The van der Waals surface area contributed by atoms with E-state index in [1.54, 1.807) is 0 Å². The van der Waals surface area contributed by atoms with Crippen molar-refractivity contribution in [1.29, 1.82) is 0 Å². The zero-order valence-electron chi connectivity index (χ0n) is 5.13. The van der Waals surface area contributed by atoms with Gasteiger partial charge in [-0.2, -0.15) is 12.6 Å². The molecular weight excluding hydrogens is 397 g/mol. The van der Waals surface area contributed by atoms with Crippen molar-refractivity contribution in [2.45, 2.75) is 0 Å². The van der Waals surface area contributed by atoms with Gasteiger partial charge in [0.2, 0.25) is 0 Å². The Morgan fingerprint density at radius 1 is 0.438 bits per heavy atom. The fraction of sp³-hybridized carbons (Fsp3) is 0. The van der Waals surface area contributed by atoms with Crippen LogP contribution in [0.1, 0.15) is 0 Å². The third kappa shape index (κ3) is 177. The van der Waals surface area contributed by atoms with Crippen LogP contribution in [0.4, 0.5) is 0 Å². The molecular formula is H10K4O9S3. The average molecular weight is 407 g/mol. The normalized spacial score (nSPS) is 6.56. The first-order valence-electron chi connectivity index (χ1n) is 1.60. The number of rotatable bonds is 0. The molecule has 0 aliphatic rings. The van der Waals surface area contributed by atoms with Gasteiger partial charge in [-0.3, -0.25) is 27.3 Å². The summed E-state index contributed by atoms with van der Waals surface area (Å²) < 4.78 is 68.5. The van der Waals surface area contributed by atoms with E-state index < -0.39 is 34.1 Å². The van der Waals surface area contributed by atoms with Crippen molar-refractivity contribution in [3.63, 3.8) is 0 Å². The van der Waals surface area contributed by atoms with Crippen molar-refractivity contribution < 1.29 is 39.9 Å². The molecule has 0 atom stereocenters. The van der Waals surface area contributed by atoms with E-state index in [0.717, 1.165) is 0 Å². The first-order valence-corrected chi connectivity index (χ1v) is 4.79. The Bertz CT molecular complexity index is 120. The Morgan fingerprint density at radius 2 is 0.438 bits per heavy atom. The van der Waals surface area contributed by atoms with Crippen LogP contribution in [0.2, 0.25) is 0 Å².